The predicted molar refractivity (Wildman–Crippen MR) is 99.4 cm³/mol. The summed E-state index contributed by atoms with van der Waals surface area (Å²) in [6.07, 6.45) is 8.36. The summed E-state index contributed by atoms with van der Waals surface area (Å²) in [6, 6.07) is 10.5. The van der Waals surface area contributed by atoms with Crippen molar-refractivity contribution in [2.24, 2.45) is 0 Å². The molecule has 1 aromatic carbocycles. The van der Waals surface area contributed by atoms with Crippen LogP contribution in [0.3, 0.4) is 0 Å². The van der Waals surface area contributed by atoms with Gasteiger partial charge in [0.25, 0.3) is 0 Å². The van der Waals surface area contributed by atoms with Gasteiger partial charge in [0.05, 0.1) is 22.7 Å². The second kappa shape index (κ2) is 6.01. The number of nitrogens with one attached hydrogen (secondary N) is 2. The number of hydrogen-bond donors (Lipinski definition) is 2. The number of aromatic nitrogens is 4. The third-order valence-corrected chi connectivity index (χ3v) is 5.46. The van der Waals surface area contributed by atoms with Crippen molar-refractivity contribution in [1.82, 2.24) is 25.1 Å². The number of likely N-dealkylation sites (tertiary alicyclic amines) is 1. The molecule has 1 aliphatic heterocycles. The number of pyridine rings is 1. The van der Waals surface area contributed by atoms with Crippen molar-refractivity contribution in [3.05, 3.63) is 60.0 Å². The molecule has 0 aliphatic carbocycles. The second-order valence-electron chi connectivity index (χ2n) is 6.94. The molecule has 4 heterocycles. The summed E-state index contributed by atoms with van der Waals surface area (Å²) >= 11 is 0. The summed E-state index contributed by atoms with van der Waals surface area (Å²) in [7, 11) is 0. The summed E-state index contributed by atoms with van der Waals surface area (Å²) in [5.41, 5.74) is 6.15. The molecule has 4 aromatic rings. The maximum atomic E-state index is 4.58. The molecular formula is C20H21N5. The highest BCUT2D eigenvalue weighted by atomic mass is 15.1. The lowest BCUT2D eigenvalue weighted by molar-refractivity contribution is 0.205. The van der Waals surface area contributed by atoms with Crippen LogP contribution in [0.25, 0.3) is 21.9 Å². The number of aromatic amines is 2. The van der Waals surface area contributed by atoms with Gasteiger partial charge in [0.2, 0.25) is 0 Å². The molecule has 0 atom stereocenters. The molecule has 0 radical (unpaired) electrons. The van der Waals surface area contributed by atoms with Crippen LogP contribution in [0.1, 0.15) is 29.9 Å². The van der Waals surface area contributed by atoms with Gasteiger partial charge < -0.3 is 4.98 Å². The van der Waals surface area contributed by atoms with Gasteiger partial charge in [0, 0.05) is 24.3 Å². The summed E-state index contributed by atoms with van der Waals surface area (Å²) in [4.78, 5) is 10.5. The molecule has 0 spiro atoms. The standard InChI is InChI=1S/C20H21N5/c1-3-15(16-12-23-24-18(16)4-1)13-25-9-6-14(7-10-25)17-11-22-19-5-2-8-21-20(17)19/h1-5,8,11-12,14,22H,6-7,9-10,13H2,(H,23,24). The summed E-state index contributed by atoms with van der Waals surface area (Å²) in [6.45, 7) is 3.24. The molecule has 5 heteroatoms. The fraction of sp³-hybridized carbons (Fsp3) is 0.300. The van der Waals surface area contributed by atoms with Crippen LogP contribution in [-0.2, 0) is 6.54 Å². The third-order valence-electron chi connectivity index (χ3n) is 5.46. The van der Waals surface area contributed by atoms with Crippen LogP contribution in [0.15, 0.2) is 48.9 Å². The molecule has 25 heavy (non-hydrogen) atoms. The normalized spacial score (nSPS) is 16.8. The lowest BCUT2D eigenvalue weighted by atomic mass is 9.90. The number of nitrogens with zero attached hydrogens (tertiary/aromatic N) is 3. The molecule has 1 aliphatic rings. The van der Waals surface area contributed by atoms with Crippen molar-refractivity contribution in [3.63, 3.8) is 0 Å². The molecule has 1 fully saturated rings. The highest BCUT2D eigenvalue weighted by molar-refractivity contribution is 5.81. The number of H-pyrrole nitrogens is 2. The first kappa shape index (κ1) is 14.7. The molecule has 126 valence electrons. The molecule has 5 rings (SSSR count). The van der Waals surface area contributed by atoms with Crippen molar-refractivity contribution < 1.29 is 0 Å². The number of hydrogen-bond acceptors (Lipinski definition) is 3. The first-order valence-electron chi connectivity index (χ1n) is 8.94. The first-order valence-corrected chi connectivity index (χ1v) is 8.94. The van der Waals surface area contributed by atoms with Crippen molar-refractivity contribution in [1.29, 1.82) is 0 Å². The van der Waals surface area contributed by atoms with E-state index in [1.165, 1.54) is 29.4 Å². The molecule has 3 aromatic heterocycles. The van der Waals surface area contributed by atoms with Gasteiger partial charge in [-0.2, -0.15) is 5.10 Å². The number of fused-ring (bicyclic) bond motifs is 2. The Morgan fingerprint density at radius 2 is 1.96 bits per heavy atom. The largest absolute Gasteiger partial charge is 0.360 e. The highest BCUT2D eigenvalue weighted by Gasteiger charge is 2.23. The predicted octanol–water partition coefficient (Wildman–Crippen LogP) is 3.82. The van der Waals surface area contributed by atoms with E-state index < -0.39 is 0 Å². The van der Waals surface area contributed by atoms with Gasteiger partial charge in [-0.15, -0.1) is 0 Å². The molecule has 5 nitrogen and oxygen atoms in total. The Morgan fingerprint density at radius 1 is 1.08 bits per heavy atom. The van der Waals surface area contributed by atoms with E-state index in [9.17, 15) is 0 Å². The van der Waals surface area contributed by atoms with Crippen LogP contribution in [-0.4, -0.2) is 38.2 Å². The van der Waals surface area contributed by atoms with Crippen molar-refractivity contribution in [2.45, 2.75) is 25.3 Å². The fourth-order valence-corrected chi connectivity index (χ4v) is 4.10. The van der Waals surface area contributed by atoms with E-state index in [1.807, 2.05) is 18.5 Å². The molecule has 0 bridgehead atoms. The van der Waals surface area contributed by atoms with Gasteiger partial charge in [-0.3, -0.25) is 15.0 Å². The lowest BCUT2D eigenvalue weighted by Gasteiger charge is -2.32. The van der Waals surface area contributed by atoms with E-state index in [1.54, 1.807) is 0 Å². The fourth-order valence-electron chi connectivity index (χ4n) is 4.10. The Kier molecular flexibility index (Phi) is 3.52. The highest BCUT2D eigenvalue weighted by Crippen LogP contribution is 2.32. The maximum absolute atomic E-state index is 4.58. The Balaban J connectivity index is 1.31. The number of benzene rings is 1. The molecular weight excluding hydrogens is 310 g/mol. The minimum Gasteiger partial charge on any atom is -0.360 e. The van der Waals surface area contributed by atoms with E-state index in [0.29, 0.717) is 5.92 Å². The second-order valence-corrected chi connectivity index (χ2v) is 6.94. The molecule has 0 amide bonds. The average Bonchev–Trinajstić information content (AvgIpc) is 3.30. The van der Waals surface area contributed by atoms with Gasteiger partial charge in [-0.05, 0) is 61.2 Å². The van der Waals surface area contributed by atoms with E-state index in [0.717, 1.165) is 36.2 Å². The topological polar surface area (TPSA) is 60.6 Å². The third kappa shape index (κ3) is 2.61. The van der Waals surface area contributed by atoms with Gasteiger partial charge in [-0.25, -0.2) is 0 Å². The summed E-state index contributed by atoms with van der Waals surface area (Å²) in [5, 5.41) is 8.48. The zero-order valence-electron chi connectivity index (χ0n) is 14.1. The Morgan fingerprint density at radius 3 is 2.88 bits per heavy atom. The monoisotopic (exact) mass is 331 g/mol. The Labute approximate surface area is 146 Å². The van der Waals surface area contributed by atoms with E-state index in [2.05, 4.69) is 55.5 Å². The van der Waals surface area contributed by atoms with Crippen molar-refractivity contribution >= 4 is 21.9 Å². The van der Waals surface area contributed by atoms with Crippen LogP contribution in [0.5, 0.6) is 0 Å². The molecule has 0 saturated carbocycles. The van der Waals surface area contributed by atoms with Gasteiger partial charge >= 0.3 is 0 Å². The quantitative estimate of drug-likeness (QED) is 0.600. The number of rotatable bonds is 3. The average molecular weight is 331 g/mol. The van der Waals surface area contributed by atoms with Crippen LogP contribution in [0.2, 0.25) is 0 Å². The zero-order valence-corrected chi connectivity index (χ0v) is 14.1. The van der Waals surface area contributed by atoms with Crippen molar-refractivity contribution in [3.8, 4) is 0 Å². The van der Waals surface area contributed by atoms with Crippen LogP contribution < -0.4 is 0 Å². The first-order chi connectivity index (χ1) is 12.4. The van der Waals surface area contributed by atoms with Crippen LogP contribution in [0.4, 0.5) is 0 Å². The van der Waals surface area contributed by atoms with Crippen molar-refractivity contribution in [2.75, 3.05) is 13.1 Å². The number of piperidine rings is 1. The minimum absolute atomic E-state index is 0.601. The lowest BCUT2D eigenvalue weighted by Crippen LogP contribution is -2.32. The van der Waals surface area contributed by atoms with Crippen LogP contribution in [0, 0.1) is 0 Å². The van der Waals surface area contributed by atoms with E-state index in [4.69, 9.17) is 0 Å². The maximum Gasteiger partial charge on any atom is 0.0913 e. The van der Waals surface area contributed by atoms with E-state index in [-0.39, 0.29) is 0 Å². The molecule has 2 N–H and O–H groups in total. The molecule has 0 unspecified atom stereocenters. The Bertz CT molecular complexity index is 1010. The smallest absolute Gasteiger partial charge is 0.0913 e. The zero-order chi connectivity index (χ0) is 16.6. The Hall–Kier alpha value is -2.66. The van der Waals surface area contributed by atoms with Gasteiger partial charge in [-0.1, -0.05) is 12.1 Å². The van der Waals surface area contributed by atoms with Gasteiger partial charge in [0.1, 0.15) is 0 Å². The van der Waals surface area contributed by atoms with E-state index >= 15 is 0 Å². The van der Waals surface area contributed by atoms with Crippen LogP contribution >= 0.6 is 0 Å². The molecule has 1 saturated heterocycles. The summed E-state index contributed by atoms with van der Waals surface area (Å²) in [5.74, 6) is 0.601. The van der Waals surface area contributed by atoms with Gasteiger partial charge in [0.15, 0.2) is 0 Å². The SMILES string of the molecule is c1cc(CN2CCC(c3c[nH]c4cccnc34)CC2)c2cn[nH]c2c1. The minimum atomic E-state index is 0.601. The summed E-state index contributed by atoms with van der Waals surface area (Å²) < 4.78 is 0.